The summed E-state index contributed by atoms with van der Waals surface area (Å²) in [5.74, 6) is 0.381. The molecular formula is C15H17Cl2N5O3. The molecule has 1 aromatic heterocycles. The maximum atomic E-state index is 12.4. The molecule has 134 valence electrons. The molecule has 2 atom stereocenters. The number of nitrogens with zero attached hydrogens (tertiary/aromatic N) is 4. The number of rotatable bonds is 4. The molecule has 1 saturated heterocycles. The number of β-amino-alcohol motifs (C(OH)–C–C–N with tert-alkyl or cyclic N) is 1. The molecule has 8 nitrogen and oxygen atoms in total. The highest BCUT2D eigenvalue weighted by Crippen LogP contribution is 2.36. The van der Waals surface area contributed by atoms with Crippen LogP contribution in [0.4, 0.5) is 10.5 Å². The smallest absolute Gasteiger partial charge is 0.322 e. The molecule has 0 spiro atoms. The Morgan fingerprint density at radius 1 is 1.40 bits per heavy atom. The van der Waals surface area contributed by atoms with Crippen molar-refractivity contribution in [1.82, 2.24) is 19.9 Å². The van der Waals surface area contributed by atoms with E-state index in [-0.39, 0.29) is 18.6 Å². The molecular weight excluding hydrogens is 369 g/mol. The first-order valence-electron chi connectivity index (χ1n) is 7.71. The highest BCUT2D eigenvalue weighted by molar-refractivity contribution is 6.37. The van der Waals surface area contributed by atoms with Crippen molar-refractivity contribution < 1.29 is 14.6 Å². The fraction of sp³-hybridized carbons (Fsp3) is 0.400. The van der Waals surface area contributed by atoms with Crippen LogP contribution < -0.4 is 10.1 Å². The molecule has 2 amide bonds. The standard InChI is InChI=1S/C15H17Cl2N5O3/c1-2-25-14-10(16)5-9(6-11(14)17)19-15(24)21-7-12(13(23)8-21)22-4-3-18-20-22/h3-6,12-13,23H,2,7-8H2,1H3,(H,19,24)/t12-,13-/m1/s1. The average molecular weight is 386 g/mol. The number of nitrogens with one attached hydrogen (secondary N) is 1. The zero-order valence-electron chi connectivity index (χ0n) is 13.4. The van der Waals surface area contributed by atoms with Gasteiger partial charge in [-0.25, -0.2) is 9.48 Å². The fourth-order valence-electron chi connectivity index (χ4n) is 2.71. The van der Waals surface area contributed by atoms with Crippen molar-refractivity contribution in [2.45, 2.75) is 19.1 Å². The van der Waals surface area contributed by atoms with Gasteiger partial charge in [-0.2, -0.15) is 0 Å². The predicted molar refractivity (Wildman–Crippen MR) is 93.3 cm³/mol. The molecule has 1 fully saturated rings. The van der Waals surface area contributed by atoms with E-state index in [1.807, 2.05) is 6.92 Å². The van der Waals surface area contributed by atoms with Gasteiger partial charge in [-0.05, 0) is 19.1 Å². The molecule has 2 heterocycles. The number of anilines is 1. The number of benzene rings is 1. The summed E-state index contributed by atoms with van der Waals surface area (Å²) in [6.07, 6.45) is 2.46. The van der Waals surface area contributed by atoms with Crippen molar-refractivity contribution in [3.63, 3.8) is 0 Å². The highest BCUT2D eigenvalue weighted by Gasteiger charge is 2.35. The van der Waals surface area contributed by atoms with Gasteiger partial charge in [-0.1, -0.05) is 28.4 Å². The molecule has 1 aliphatic rings. The maximum absolute atomic E-state index is 12.4. The van der Waals surface area contributed by atoms with Gasteiger partial charge in [0.2, 0.25) is 0 Å². The zero-order chi connectivity index (χ0) is 18.0. The lowest BCUT2D eigenvalue weighted by atomic mass is 10.2. The Kier molecular flexibility index (Phi) is 5.31. The van der Waals surface area contributed by atoms with Gasteiger partial charge in [-0.15, -0.1) is 5.10 Å². The quantitative estimate of drug-likeness (QED) is 0.842. The Labute approximate surface area is 154 Å². The third kappa shape index (κ3) is 3.81. The Bertz CT molecular complexity index is 733. The number of aliphatic hydroxyl groups is 1. The van der Waals surface area contributed by atoms with E-state index >= 15 is 0 Å². The lowest BCUT2D eigenvalue weighted by Crippen LogP contribution is -2.33. The van der Waals surface area contributed by atoms with Gasteiger partial charge in [0.15, 0.2) is 5.75 Å². The second-order valence-corrected chi connectivity index (χ2v) is 6.37. The van der Waals surface area contributed by atoms with Crippen LogP contribution in [0.1, 0.15) is 13.0 Å². The van der Waals surface area contributed by atoms with Crippen LogP contribution in [0, 0.1) is 0 Å². The van der Waals surface area contributed by atoms with E-state index in [4.69, 9.17) is 27.9 Å². The third-order valence-corrected chi connectivity index (χ3v) is 4.43. The molecule has 0 bridgehead atoms. The molecule has 2 N–H and O–H groups in total. The van der Waals surface area contributed by atoms with Crippen LogP contribution in [0.25, 0.3) is 0 Å². The van der Waals surface area contributed by atoms with Crippen LogP contribution in [-0.4, -0.2) is 56.8 Å². The number of hydrogen-bond donors (Lipinski definition) is 2. The first-order valence-corrected chi connectivity index (χ1v) is 8.46. The van der Waals surface area contributed by atoms with Crippen LogP contribution in [-0.2, 0) is 0 Å². The van der Waals surface area contributed by atoms with Crippen molar-refractivity contribution in [3.05, 3.63) is 34.6 Å². The van der Waals surface area contributed by atoms with Crippen LogP contribution in [0.15, 0.2) is 24.5 Å². The highest BCUT2D eigenvalue weighted by atomic mass is 35.5. The molecule has 0 aliphatic carbocycles. The monoisotopic (exact) mass is 385 g/mol. The van der Waals surface area contributed by atoms with Crippen LogP contribution in [0.5, 0.6) is 5.75 Å². The van der Waals surface area contributed by atoms with Crippen LogP contribution >= 0.6 is 23.2 Å². The number of ether oxygens (including phenoxy) is 1. The summed E-state index contributed by atoms with van der Waals surface area (Å²) in [5.41, 5.74) is 0.446. The number of aliphatic hydroxyl groups excluding tert-OH is 1. The molecule has 1 aromatic carbocycles. The van der Waals surface area contributed by atoms with Crippen molar-refractivity contribution in [2.24, 2.45) is 0 Å². The van der Waals surface area contributed by atoms with Gasteiger partial charge in [0, 0.05) is 18.4 Å². The van der Waals surface area contributed by atoms with Gasteiger partial charge in [0.05, 0.1) is 41.5 Å². The Morgan fingerprint density at radius 2 is 2.12 bits per heavy atom. The summed E-state index contributed by atoms with van der Waals surface area (Å²) >= 11 is 12.3. The number of hydrogen-bond acceptors (Lipinski definition) is 5. The van der Waals surface area contributed by atoms with Crippen molar-refractivity contribution >= 4 is 34.9 Å². The molecule has 0 unspecified atom stereocenters. The summed E-state index contributed by atoms with van der Waals surface area (Å²) in [7, 11) is 0. The number of amides is 2. The molecule has 3 rings (SSSR count). The van der Waals surface area contributed by atoms with Crippen molar-refractivity contribution in [1.29, 1.82) is 0 Å². The minimum atomic E-state index is -0.722. The SMILES string of the molecule is CCOc1c(Cl)cc(NC(=O)N2C[C@@H](O)[C@H](n3ccnn3)C2)cc1Cl. The molecule has 1 aliphatic heterocycles. The normalized spacial score (nSPS) is 19.9. The van der Waals surface area contributed by atoms with Gasteiger partial charge < -0.3 is 20.1 Å². The first-order chi connectivity index (χ1) is 12.0. The molecule has 25 heavy (non-hydrogen) atoms. The van der Waals surface area contributed by atoms with Gasteiger partial charge in [0.1, 0.15) is 0 Å². The molecule has 0 saturated carbocycles. The van der Waals surface area contributed by atoms with Crippen molar-refractivity contribution in [2.75, 3.05) is 25.0 Å². The van der Waals surface area contributed by atoms with Crippen LogP contribution in [0.2, 0.25) is 10.0 Å². The lowest BCUT2D eigenvalue weighted by molar-refractivity contribution is 0.139. The molecule has 10 heteroatoms. The van der Waals surface area contributed by atoms with Crippen molar-refractivity contribution in [3.8, 4) is 5.75 Å². The van der Waals surface area contributed by atoms with E-state index in [1.165, 1.54) is 11.1 Å². The summed E-state index contributed by atoms with van der Waals surface area (Å²) in [6, 6.07) is 2.44. The molecule has 0 radical (unpaired) electrons. The molecule has 2 aromatic rings. The zero-order valence-corrected chi connectivity index (χ0v) is 14.9. The fourth-order valence-corrected chi connectivity index (χ4v) is 3.30. The van der Waals surface area contributed by atoms with E-state index in [0.29, 0.717) is 34.6 Å². The Morgan fingerprint density at radius 3 is 2.72 bits per heavy atom. The van der Waals surface area contributed by atoms with E-state index < -0.39 is 6.10 Å². The van der Waals surface area contributed by atoms with E-state index in [9.17, 15) is 9.90 Å². The largest absolute Gasteiger partial charge is 0.491 e. The first kappa shape index (κ1) is 17.8. The Hall–Kier alpha value is -2.03. The number of carbonyl (C=O) groups excluding carboxylic acids is 1. The number of aromatic nitrogens is 3. The third-order valence-electron chi connectivity index (χ3n) is 3.87. The summed E-state index contributed by atoms with van der Waals surface area (Å²) < 4.78 is 6.91. The number of urea groups is 1. The summed E-state index contributed by atoms with van der Waals surface area (Å²) in [5, 5.41) is 21.1. The minimum absolute atomic E-state index is 0.189. The second kappa shape index (κ2) is 7.47. The predicted octanol–water partition coefficient (Wildman–Crippen LogP) is 2.43. The maximum Gasteiger partial charge on any atom is 0.322 e. The Balaban J connectivity index is 1.69. The van der Waals surface area contributed by atoms with E-state index in [2.05, 4.69) is 15.6 Å². The number of carbonyl (C=O) groups is 1. The van der Waals surface area contributed by atoms with Gasteiger partial charge in [-0.3, -0.25) is 0 Å². The number of likely N-dealkylation sites (tertiary alicyclic amines) is 1. The lowest BCUT2D eigenvalue weighted by Gasteiger charge is -2.18. The van der Waals surface area contributed by atoms with E-state index in [0.717, 1.165) is 0 Å². The second-order valence-electron chi connectivity index (χ2n) is 5.55. The van der Waals surface area contributed by atoms with E-state index in [1.54, 1.807) is 23.0 Å². The topological polar surface area (TPSA) is 92.5 Å². The summed E-state index contributed by atoms with van der Waals surface area (Å²) in [6.45, 7) is 2.76. The summed E-state index contributed by atoms with van der Waals surface area (Å²) in [4.78, 5) is 13.9. The number of halogens is 2. The minimum Gasteiger partial charge on any atom is -0.491 e. The average Bonchev–Trinajstić information content (AvgIpc) is 3.20. The van der Waals surface area contributed by atoms with Crippen LogP contribution in [0.3, 0.4) is 0 Å². The van der Waals surface area contributed by atoms with Gasteiger partial charge >= 0.3 is 6.03 Å². The van der Waals surface area contributed by atoms with Gasteiger partial charge in [0.25, 0.3) is 0 Å².